The Bertz CT molecular complexity index is 773. The lowest BCUT2D eigenvalue weighted by Gasteiger charge is -2.18. The van der Waals surface area contributed by atoms with Crippen molar-refractivity contribution in [2.45, 2.75) is 72.4 Å². The van der Waals surface area contributed by atoms with E-state index < -0.39 is 0 Å². The first-order valence-corrected chi connectivity index (χ1v) is 9.58. The van der Waals surface area contributed by atoms with E-state index in [0.29, 0.717) is 0 Å². The quantitative estimate of drug-likeness (QED) is 0.852. The number of aromatic nitrogens is 1. The van der Waals surface area contributed by atoms with Crippen LogP contribution in [0.3, 0.4) is 0 Å². The first-order valence-electron chi connectivity index (χ1n) is 9.58. The summed E-state index contributed by atoms with van der Waals surface area (Å²) in [5.74, 6) is 0.0777. The van der Waals surface area contributed by atoms with Gasteiger partial charge in [0, 0.05) is 18.3 Å². The Labute approximate surface area is 151 Å². The molecule has 1 atom stereocenters. The highest BCUT2D eigenvalue weighted by Crippen LogP contribution is 2.30. The normalized spacial score (nSPS) is 14.9. The summed E-state index contributed by atoms with van der Waals surface area (Å²) in [4.78, 5) is 13.0. The van der Waals surface area contributed by atoms with Crippen LogP contribution >= 0.6 is 0 Å². The Kier molecular flexibility index (Phi) is 5.31. The van der Waals surface area contributed by atoms with Crippen LogP contribution in [0.2, 0.25) is 0 Å². The van der Waals surface area contributed by atoms with E-state index >= 15 is 0 Å². The number of benzene rings is 1. The molecule has 0 saturated carbocycles. The largest absolute Gasteiger partial charge is 0.348 e. The maximum Gasteiger partial charge on any atom is 0.268 e. The van der Waals surface area contributed by atoms with Crippen LogP contribution in [0.25, 0.3) is 0 Å². The number of hydrogen-bond donors (Lipinski definition) is 1. The van der Waals surface area contributed by atoms with Gasteiger partial charge in [-0.05, 0) is 69.6 Å². The summed E-state index contributed by atoms with van der Waals surface area (Å²) < 4.78 is 2.29. The van der Waals surface area contributed by atoms with E-state index in [-0.39, 0.29) is 11.9 Å². The second kappa shape index (κ2) is 7.47. The molecule has 2 aromatic rings. The molecule has 0 saturated heterocycles. The fraction of sp³-hybridized carbons (Fsp3) is 0.500. The minimum Gasteiger partial charge on any atom is -0.348 e. The van der Waals surface area contributed by atoms with Crippen LogP contribution in [-0.2, 0) is 19.4 Å². The average molecular weight is 338 g/mol. The van der Waals surface area contributed by atoms with Gasteiger partial charge in [0.2, 0.25) is 0 Å². The molecular formula is C22H30N2O. The number of carbonyl (C=O) groups is 1. The zero-order valence-electron chi connectivity index (χ0n) is 16.0. The zero-order valence-corrected chi connectivity index (χ0v) is 16.0. The van der Waals surface area contributed by atoms with Crippen LogP contribution in [-0.4, -0.2) is 16.5 Å². The predicted octanol–water partition coefficient (Wildman–Crippen LogP) is 4.56. The number of hydrogen-bond acceptors (Lipinski definition) is 1. The highest BCUT2D eigenvalue weighted by atomic mass is 16.2. The van der Waals surface area contributed by atoms with Gasteiger partial charge in [0.25, 0.3) is 5.91 Å². The van der Waals surface area contributed by atoms with Crippen LogP contribution in [0, 0.1) is 13.8 Å². The van der Waals surface area contributed by atoms with Crippen molar-refractivity contribution in [3.63, 3.8) is 0 Å². The molecule has 0 aliphatic heterocycles. The molecule has 0 spiro atoms. The van der Waals surface area contributed by atoms with E-state index in [1.54, 1.807) is 0 Å². The number of rotatable bonds is 5. The number of nitrogens with one attached hydrogen (secondary N) is 1. The number of nitrogens with zero attached hydrogens (tertiary/aromatic N) is 1. The Hall–Kier alpha value is -2.03. The molecule has 1 heterocycles. The van der Waals surface area contributed by atoms with E-state index in [9.17, 15) is 4.79 Å². The molecule has 25 heavy (non-hydrogen) atoms. The van der Waals surface area contributed by atoms with Gasteiger partial charge >= 0.3 is 0 Å². The fourth-order valence-corrected chi connectivity index (χ4v) is 3.93. The van der Waals surface area contributed by atoms with Crippen molar-refractivity contribution in [3.8, 4) is 0 Å². The molecule has 0 unspecified atom stereocenters. The Morgan fingerprint density at radius 3 is 2.72 bits per heavy atom. The van der Waals surface area contributed by atoms with Crippen LogP contribution in [0.15, 0.2) is 24.3 Å². The molecule has 1 N–H and O–H groups in total. The minimum absolute atomic E-state index is 0.0777. The van der Waals surface area contributed by atoms with Gasteiger partial charge in [-0.25, -0.2) is 0 Å². The molecule has 1 aromatic carbocycles. The average Bonchev–Trinajstić information content (AvgIpc) is 2.87. The lowest BCUT2D eigenvalue weighted by Crippen LogP contribution is -2.34. The SMILES string of the molecule is CC[C@H](C)NC(=O)c1c(C)c2c(n1Cc1cccc(C)c1)CCCC2. The van der Waals surface area contributed by atoms with Gasteiger partial charge in [-0.1, -0.05) is 36.8 Å². The summed E-state index contributed by atoms with van der Waals surface area (Å²) >= 11 is 0. The lowest BCUT2D eigenvalue weighted by atomic mass is 9.95. The van der Waals surface area contributed by atoms with E-state index in [4.69, 9.17) is 0 Å². The maximum absolute atomic E-state index is 13.0. The van der Waals surface area contributed by atoms with Crippen LogP contribution in [0.1, 0.15) is 71.5 Å². The molecule has 3 nitrogen and oxygen atoms in total. The van der Waals surface area contributed by atoms with Crippen molar-refractivity contribution < 1.29 is 4.79 Å². The molecule has 3 rings (SSSR count). The summed E-state index contributed by atoms with van der Waals surface area (Å²) in [6.07, 6.45) is 5.58. The second-order valence-electron chi connectivity index (χ2n) is 7.46. The predicted molar refractivity (Wildman–Crippen MR) is 103 cm³/mol. The second-order valence-corrected chi connectivity index (χ2v) is 7.46. The van der Waals surface area contributed by atoms with Gasteiger partial charge in [-0.15, -0.1) is 0 Å². The summed E-state index contributed by atoms with van der Waals surface area (Å²) in [5, 5.41) is 3.17. The third-order valence-corrected chi connectivity index (χ3v) is 5.47. The molecule has 1 aromatic heterocycles. The summed E-state index contributed by atoms with van der Waals surface area (Å²) in [6.45, 7) is 9.20. The highest BCUT2D eigenvalue weighted by molar-refractivity contribution is 5.95. The third-order valence-electron chi connectivity index (χ3n) is 5.47. The van der Waals surface area contributed by atoms with Gasteiger partial charge in [0.05, 0.1) is 0 Å². The summed E-state index contributed by atoms with van der Waals surface area (Å²) in [7, 11) is 0. The molecule has 0 radical (unpaired) electrons. The van der Waals surface area contributed by atoms with E-state index in [1.807, 2.05) is 0 Å². The van der Waals surface area contributed by atoms with E-state index in [0.717, 1.165) is 31.5 Å². The zero-order chi connectivity index (χ0) is 18.0. The van der Waals surface area contributed by atoms with Crippen molar-refractivity contribution in [3.05, 3.63) is 57.9 Å². The molecule has 1 aliphatic rings. The topological polar surface area (TPSA) is 34.0 Å². The molecule has 3 heteroatoms. The van der Waals surface area contributed by atoms with Gasteiger partial charge in [-0.3, -0.25) is 4.79 Å². The van der Waals surface area contributed by atoms with Crippen molar-refractivity contribution in [2.24, 2.45) is 0 Å². The molecule has 134 valence electrons. The van der Waals surface area contributed by atoms with Crippen molar-refractivity contribution in [1.82, 2.24) is 9.88 Å². The number of carbonyl (C=O) groups excluding carboxylic acids is 1. The van der Waals surface area contributed by atoms with Crippen LogP contribution < -0.4 is 5.32 Å². The first-order chi connectivity index (χ1) is 12.0. The Morgan fingerprint density at radius 1 is 1.24 bits per heavy atom. The van der Waals surface area contributed by atoms with E-state index in [1.165, 1.54) is 40.8 Å². The molecule has 0 fully saturated rings. The van der Waals surface area contributed by atoms with Gasteiger partial charge < -0.3 is 9.88 Å². The van der Waals surface area contributed by atoms with Crippen molar-refractivity contribution >= 4 is 5.91 Å². The Morgan fingerprint density at radius 2 is 2.00 bits per heavy atom. The third kappa shape index (κ3) is 3.65. The number of aryl methyl sites for hydroxylation is 1. The first kappa shape index (κ1) is 17.8. The van der Waals surface area contributed by atoms with Crippen LogP contribution in [0.5, 0.6) is 0 Å². The molecule has 0 bridgehead atoms. The van der Waals surface area contributed by atoms with Gasteiger partial charge in [0.15, 0.2) is 0 Å². The van der Waals surface area contributed by atoms with Gasteiger partial charge in [-0.2, -0.15) is 0 Å². The monoisotopic (exact) mass is 338 g/mol. The number of amides is 1. The lowest BCUT2D eigenvalue weighted by molar-refractivity contribution is 0.0929. The van der Waals surface area contributed by atoms with Gasteiger partial charge in [0.1, 0.15) is 5.69 Å². The molecule has 1 aliphatic carbocycles. The molecule has 1 amide bonds. The van der Waals surface area contributed by atoms with E-state index in [2.05, 4.69) is 61.8 Å². The highest BCUT2D eigenvalue weighted by Gasteiger charge is 2.26. The standard InChI is InChI=1S/C22H30N2O/c1-5-16(3)23-22(25)21-17(4)19-11-6-7-12-20(19)24(21)14-18-10-8-9-15(2)13-18/h8-10,13,16H,5-7,11-12,14H2,1-4H3,(H,23,25)/t16-/m0/s1. The maximum atomic E-state index is 13.0. The molecular weight excluding hydrogens is 308 g/mol. The van der Waals surface area contributed by atoms with Crippen molar-refractivity contribution in [1.29, 1.82) is 0 Å². The summed E-state index contributed by atoms with van der Waals surface area (Å²) in [6, 6.07) is 8.81. The summed E-state index contributed by atoms with van der Waals surface area (Å²) in [5.41, 5.74) is 7.37. The van der Waals surface area contributed by atoms with Crippen molar-refractivity contribution in [2.75, 3.05) is 0 Å². The number of fused-ring (bicyclic) bond motifs is 1. The fourth-order valence-electron chi connectivity index (χ4n) is 3.93. The van der Waals surface area contributed by atoms with Crippen LogP contribution in [0.4, 0.5) is 0 Å². The minimum atomic E-state index is 0.0777. The smallest absolute Gasteiger partial charge is 0.268 e. The Balaban J connectivity index is 2.03.